The summed E-state index contributed by atoms with van der Waals surface area (Å²) in [5.41, 5.74) is 2.65. The third kappa shape index (κ3) is 2.07. The Morgan fingerprint density at radius 3 is 2.84 bits per heavy atom. The molecular formula is C14H11ClN2OS. The molecule has 0 saturated carbocycles. The van der Waals surface area contributed by atoms with Crippen molar-refractivity contribution in [3.05, 3.63) is 40.5 Å². The summed E-state index contributed by atoms with van der Waals surface area (Å²) in [7, 11) is 1.63. The molecule has 0 bridgehead atoms. The second kappa shape index (κ2) is 4.79. The van der Waals surface area contributed by atoms with Crippen molar-refractivity contribution < 1.29 is 4.74 Å². The number of fused-ring (bicyclic) bond motifs is 1. The summed E-state index contributed by atoms with van der Waals surface area (Å²) in [5.74, 6) is 0.727. The molecule has 1 aromatic carbocycles. The van der Waals surface area contributed by atoms with E-state index in [-0.39, 0.29) is 0 Å². The second-order valence-corrected chi connectivity index (χ2v) is 5.37. The second-order valence-electron chi connectivity index (χ2n) is 4.13. The highest BCUT2D eigenvalue weighted by Gasteiger charge is 2.14. The fraction of sp³-hybridized carbons (Fsp3) is 0.143. The molecule has 3 aromatic rings. The minimum absolute atomic E-state index is 0.636. The molecule has 0 aliphatic carbocycles. The Balaban J connectivity index is 2.31. The first-order chi connectivity index (χ1) is 9.20. The number of hydrogen-bond donors (Lipinski definition) is 0. The van der Waals surface area contributed by atoms with Crippen LogP contribution < -0.4 is 4.74 Å². The number of pyridine rings is 1. The Hall–Kier alpha value is -1.65. The van der Waals surface area contributed by atoms with Gasteiger partial charge in [0, 0.05) is 22.8 Å². The summed E-state index contributed by atoms with van der Waals surface area (Å²) in [6.07, 6.45) is 1.77. The van der Waals surface area contributed by atoms with E-state index in [9.17, 15) is 0 Å². The molecule has 0 spiro atoms. The number of methoxy groups -OCH3 is 1. The molecule has 0 fully saturated rings. The van der Waals surface area contributed by atoms with Crippen molar-refractivity contribution in [2.45, 2.75) is 6.92 Å². The van der Waals surface area contributed by atoms with Crippen LogP contribution in [0, 0.1) is 6.92 Å². The van der Waals surface area contributed by atoms with Gasteiger partial charge in [0.15, 0.2) is 0 Å². The van der Waals surface area contributed by atoms with Gasteiger partial charge in [-0.2, -0.15) is 0 Å². The quantitative estimate of drug-likeness (QED) is 0.704. The number of aryl methyl sites for hydroxylation is 1. The van der Waals surface area contributed by atoms with Crippen LogP contribution in [0.25, 0.3) is 21.5 Å². The van der Waals surface area contributed by atoms with E-state index >= 15 is 0 Å². The Bertz CT molecular complexity index is 754. The number of ether oxygens (including phenoxy) is 1. The third-order valence-corrected chi connectivity index (χ3v) is 4.25. The van der Waals surface area contributed by atoms with Crippen molar-refractivity contribution in [3.63, 3.8) is 0 Å². The first-order valence-electron chi connectivity index (χ1n) is 5.74. The maximum absolute atomic E-state index is 6.52. The molecule has 19 heavy (non-hydrogen) atoms. The predicted octanol–water partition coefficient (Wildman–Crippen LogP) is 4.33. The lowest BCUT2D eigenvalue weighted by Crippen LogP contribution is -1.90. The average molecular weight is 291 g/mol. The van der Waals surface area contributed by atoms with Crippen LogP contribution in [-0.2, 0) is 0 Å². The van der Waals surface area contributed by atoms with Gasteiger partial charge >= 0.3 is 0 Å². The zero-order chi connectivity index (χ0) is 13.4. The van der Waals surface area contributed by atoms with Gasteiger partial charge in [0.05, 0.1) is 23.0 Å². The topological polar surface area (TPSA) is 35.0 Å². The zero-order valence-corrected chi connectivity index (χ0v) is 12.0. The van der Waals surface area contributed by atoms with Gasteiger partial charge in [-0.1, -0.05) is 17.7 Å². The van der Waals surface area contributed by atoms with Crippen LogP contribution in [-0.4, -0.2) is 17.1 Å². The molecule has 0 radical (unpaired) electrons. The molecule has 0 unspecified atom stereocenters. The first-order valence-corrected chi connectivity index (χ1v) is 7.00. The molecule has 0 aliphatic heterocycles. The van der Waals surface area contributed by atoms with E-state index in [2.05, 4.69) is 9.97 Å². The lowest BCUT2D eigenvalue weighted by molar-refractivity contribution is 0.420. The maximum atomic E-state index is 6.52. The van der Waals surface area contributed by atoms with E-state index < -0.39 is 0 Å². The van der Waals surface area contributed by atoms with Crippen LogP contribution in [0.4, 0.5) is 0 Å². The summed E-state index contributed by atoms with van der Waals surface area (Å²) in [4.78, 5) is 8.90. The van der Waals surface area contributed by atoms with Crippen LogP contribution in [0.1, 0.15) is 5.69 Å². The molecule has 5 heteroatoms. The molecule has 0 saturated heterocycles. The Morgan fingerprint density at radius 2 is 2.16 bits per heavy atom. The van der Waals surface area contributed by atoms with E-state index in [4.69, 9.17) is 16.3 Å². The molecule has 0 aliphatic rings. The number of nitrogens with zero attached hydrogens (tertiary/aromatic N) is 2. The Labute approximate surface area is 119 Å². The number of hydrogen-bond acceptors (Lipinski definition) is 4. The summed E-state index contributed by atoms with van der Waals surface area (Å²) in [6, 6.07) is 5.70. The normalized spacial score (nSPS) is 10.9. The Kier molecular flexibility index (Phi) is 3.12. The van der Waals surface area contributed by atoms with Crippen molar-refractivity contribution in [2.75, 3.05) is 7.11 Å². The number of benzene rings is 1. The maximum Gasteiger partial charge on any atom is 0.129 e. The van der Waals surface area contributed by atoms with Crippen LogP contribution in [0.15, 0.2) is 29.8 Å². The van der Waals surface area contributed by atoms with Crippen molar-refractivity contribution in [2.24, 2.45) is 0 Å². The molecule has 2 aromatic heterocycles. The van der Waals surface area contributed by atoms with Crippen LogP contribution in [0.3, 0.4) is 0 Å². The molecule has 0 amide bonds. The van der Waals surface area contributed by atoms with Gasteiger partial charge in [0.2, 0.25) is 0 Å². The standard InChI is InChI=1S/C14H11ClN2OS/c1-8-7-19-14(17-8)9-6-16-10-4-3-5-11(18-2)12(10)13(9)15/h3-7H,1-2H3. The lowest BCUT2D eigenvalue weighted by atomic mass is 10.1. The minimum atomic E-state index is 0.636. The van der Waals surface area contributed by atoms with Gasteiger partial charge < -0.3 is 4.74 Å². The number of thiazole rings is 1. The highest BCUT2D eigenvalue weighted by Crippen LogP contribution is 2.38. The Morgan fingerprint density at radius 1 is 1.32 bits per heavy atom. The molecule has 3 nitrogen and oxygen atoms in total. The zero-order valence-electron chi connectivity index (χ0n) is 10.5. The van der Waals surface area contributed by atoms with Crippen molar-refractivity contribution >= 4 is 33.8 Å². The number of rotatable bonds is 2. The number of halogens is 1. The van der Waals surface area contributed by atoms with Gasteiger partial charge in [-0.25, -0.2) is 4.98 Å². The highest BCUT2D eigenvalue weighted by atomic mass is 35.5. The third-order valence-electron chi connectivity index (χ3n) is 2.86. The van der Waals surface area contributed by atoms with Gasteiger partial charge in [-0.3, -0.25) is 4.98 Å². The summed E-state index contributed by atoms with van der Waals surface area (Å²) in [5, 5.41) is 4.34. The van der Waals surface area contributed by atoms with Gasteiger partial charge in [-0.05, 0) is 19.1 Å². The molecule has 0 atom stereocenters. The predicted molar refractivity (Wildman–Crippen MR) is 79.2 cm³/mol. The number of aromatic nitrogens is 2. The fourth-order valence-electron chi connectivity index (χ4n) is 1.97. The fourth-order valence-corrected chi connectivity index (χ4v) is 3.17. The van der Waals surface area contributed by atoms with Gasteiger partial charge in [0.1, 0.15) is 10.8 Å². The SMILES string of the molecule is COc1cccc2ncc(-c3nc(C)cs3)c(Cl)c12. The van der Waals surface area contributed by atoms with E-state index in [1.165, 1.54) is 0 Å². The first kappa shape index (κ1) is 12.4. The van der Waals surface area contributed by atoms with Crippen molar-refractivity contribution in [1.82, 2.24) is 9.97 Å². The van der Waals surface area contributed by atoms with E-state index in [1.807, 2.05) is 30.5 Å². The summed E-state index contributed by atoms with van der Waals surface area (Å²) >= 11 is 8.08. The van der Waals surface area contributed by atoms with Crippen molar-refractivity contribution in [1.29, 1.82) is 0 Å². The van der Waals surface area contributed by atoms with Crippen LogP contribution in [0.2, 0.25) is 5.02 Å². The molecule has 3 rings (SSSR count). The van der Waals surface area contributed by atoms with Crippen LogP contribution >= 0.6 is 22.9 Å². The molecular weight excluding hydrogens is 280 g/mol. The minimum Gasteiger partial charge on any atom is -0.496 e. The van der Waals surface area contributed by atoms with Gasteiger partial charge in [-0.15, -0.1) is 11.3 Å². The van der Waals surface area contributed by atoms with E-state index in [1.54, 1.807) is 24.6 Å². The van der Waals surface area contributed by atoms with Crippen LogP contribution in [0.5, 0.6) is 5.75 Å². The average Bonchev–Trinajstić information content (AvgIpc) is 2.85. The lowest BCUT2D eigenvalue weighted by Gasteiger charge is -2.08. The summed E-state index contributed by atoms with van der Waals surface area (Å²) < 4.78 is 5.36. The molecule has 0 N–H and O–H groups in total. The van der Waals surface area contributed by atoms with Gasteiger partial charge in [0.25, 0.3) is 0 Å². The molecule has 2 heterocycles. The van der Waals surface area contributed by atoms with Crippen molar-refractivity contribution in [3.8, 4) is 16.3 Å². The monoisotopic (exact) mass is 290 g/mol. The summed E-state index contributed by atoms with van der Waals surface area (Å²) in [6.45, 7) is 1.96. The van der Waals surface area contributed by atoms with E-state index in [0.717, 1.165) is 32.9 Å². The van der Waals surface area contributed by atoms with E-state index in [0.29, 0.717) is 5.02 Å². The smallest absolute Gasteiger partial charge is 0.129 e. The largest absolute Gasteiger partial charge is 0.496 e. The highest BCUT2D eigenvalue weighted by molar-refractivity contribution is 7.13. The molecule has 96 valence electrons.